The van der Waals surface area contributed by atoms with Crippen LogP contribution in [0.4, 0.5) is 0 Å². The van der Waals surface area contributed by atoms with Crippen molar-refractivity contribution in [2.45, 2.75) is 19.3 Å². The Balaban J connectivity index is 2.52. The number of carbonyl (C=O) groups is 4. The standard InChI is InChI=1S/C12H14O8/c13-8(14)5-3-6(9(15)16)7-4(5)1-2-12(7,10(17)18)11(19)20/h4-7H,1-3H2,(H,13,14)(H,15,16)(H,17,18)(H,19,20). The van der Waals surface area contributed by atoms with Gasteiger partial charge in [-0.3, -0.25) is 19.2 Å². The number of carboxylic acids is 4. The van der Waals surface area contributed by atoms with Crippen molar-refractivity contribution in [2.75, 3.05) is 0 Å². The maximum absolute atomic E-state index is 11.4. The second-order valence-electron chi connectivity index (χ2n) is 5.44. The predicted molar refractivity (Wildman–Crippen MR) is 60.8 cm³/mol. The molecule has 0 aromatic rings. The third-order valence-electron chi connectivity index (χ3n) is 4.76. The van der Waals surface area contributed by atoms with E-state index in [1.54, 1.807) is 0 Å². The SMILES string of the molecule is O=C(O)C1CC(C(=O)O)C2C1CCC2(C(=O)O)C(=O)O. The number of carboxylic acid groups (broad SMARTS) is 4. The van der Waals surface area contributed by atoms with E-state index in [-0.39, 0.29) is 19.3 Å². The second kappa shape index (κ2) is 4.46. The molecule has 2 aliphatic rings. The molecule has 0 aromatic carbocycles. The van der Waals surface area contributed by atoms with Crippen molar-refractivity contribution in [3.63, 3.8) is 0 Å². The van der Waals surface area contributed by atoms with Crippen LogP contribution < -0.4 is 0 Å². The van der Waals surface area contributed by atoms with Gasteiger partial charge >= 0.3 is 23.9 Å². The summed E-state index contributed by atoms with van der Waals surface area (Å²) in [5.74, 6) is -9.87. The molecule has 4 atom stereocenters. The fourth-order valence-corrected chi connectivity index (χ4v) is 3.92. The molecule has 2 rings (SSSR count). The first-order valence-electron chi connectivity index (χ1n) is 6.16. The van der Waals surface area contributed by atoms with Crippen molar-refractivity contribution < 1.29 is 39.6 Å². The van der Waals surface area contributed by atoms with Gasteiger partial charge in [0.15, 0.2) is 5.41 Å². The van der Waals surface area contributed by atoms with Crippen LogP contribution in [0.3, 0.4) is 0 Å². The highest BCUT2D eigenvalue weighted by Crippen LogP contribution is 2.59. The van der Waals surface area contributed by atoms with Crippen LogP contribution in [0.2, 0.25) is 0 Å². The summed E-state index contributed by atoms with van der Waals surface area (Å²) in [6, 6.07) is 0. The van der Waals surface area contributed by atoms with Crippen LogP contribution in [-0.4, -0.2) is 44.3 Å². The van der Waals surface area contributed by atoms with E-state index in [1.165, 1.54) is 0 Å². The van der Waals surface area contributed by atoms with E-state index >= 15 is 0 Å². The summed E-state index contributed by atoms with van der Waals surface area (Å²) in [6.45, 7) is 0. The first kappa shape index (κ1) is 14.3. The molecule has 0 radical (unpaired) electrons. The van der Waals surface area contributed by atoms with Gasteiger partial charge in [0.2, 0.25) is 0 Å². The lowest BCUT2D eigenvalue weighted by Gasteiger charge is -2.29. The maximum Gasteiger partial charge on any atom is 0.321 e. The molecule has 4 N–H and O–H groups in total. The Labute approximate surface area is 113 Å². The lowest BCUT2D eigenvalue weighted by atomic mass is 9.71. The highest BCUT2D eigenvalue weighted by Gasteiger charge is 2.68. The van der Waals surface area contributed by atoms with Crippen LogP contribution in [0.25, 0.3) is 0 Å². The molecule has 0 aliphatic heterocycles. The van der Waals surface area contributed by atoms with Crippen LogP contribution in [0.1, 0.15) is 19.3 Å². The highest BCUT2D eigenvalue weighted by molar-refractivity contribution is 6.00. The minimum atomic E-state index is -2.20. The number of hydrogen-bond acceptors (Lipinski definition) is 4. The lowest BCUT2D eigenvalue weighted by molar-refractivity contribution is -0.170. The van der Waals surface area contributed by atoms with Gasteiger partial charge in [0, 0.05) is 5.92 Å². The minimum absolute atomic E-state index is 0.101. The molecule has 2 fully saturated rings. The topological polar surface area (TPSA) is 149 Å². The van der Waals surface area contributed by atoms with E-state index in [0.29, 0.717) is 0 Å². The van der Waals surface area contributed by atoms with Gasteiger partial charge in [0.25, 0.3) is 0 Å². The van der Waals surface area contributed by atoms with E-state index in [0.717, 1.165) is 0 Å². The smallest absolute Gasteiger partial charge is 0.321 e. The number of fused-ring (bicyclic) bond motifs is 1. The monoisotopic (exact) mass is 286 g/mol. The number of hydrogen-bond donors (Lipinski definition) is 4. The van der Waals surface area contributed by atoms with Crippen LogP contribution in [-0.2, 0) is 19.2 Å². The molecular formula is C12H14O8. The van der Waals surface area contributed by atoms with Gasteiger partial charge in [-0.15, -0.1) is 0 Å². The molecule has 2 aliphatic carbocycles. The van der Waals surface area contributed by atoms with Gasteiger partial charge in [-0.25, -0.2) is 0 Å². The van der Waals surface area contributed by atoms with Crippen LogP contribution in [0.5, 0.6) is 0 Å². The molecule has 2 saturated carbocycles. The van der Waals surface area contributed by atoms with Crippen molar-refractivity contribution in [2.24, 2.45) is 29.1 Å². The predicted octanol–water partition coefficient (Wildman–Crippen LogP) is -0.0265. The average Bonchev–Trinajstić information content (AvgIpc) is 2.84. The van der Waals surface area contributed by atoms with Crippen molar-refractivity contribution in [1.29, 1.82) is 0 Å². The molecule has 8 nitrogen and oxygen atoms in total. The largest absolute Gasteiger partial charge is 0.481 e. The summed E-state index contributed by atoms with van der Waals surface area (Å²) in [5.41, 5.74) is -2.20. The van der Waals surface area contributed by atoms with E-state index in [1.807, 2.05) is 0 Å². The molecule has 0 aromatic heterocycles. The average molecular weight is 286 g/mol. The molecule has 8 heteroatoms. The van der Waals surface area contributed by atoms with Crippen molar-refractivity contribution in [1.82, 2.24) is 0 Å². The Morgan fingerprint density at radius 3 is 1.75 bits per heavy atom. The first-order chi connectivity index (χ1) is 9.23. The summed E-state index contributed by atoms with van der Waals surface area (Å²) in [5, 5.41) is 36.9. The van der Waals surface area contributed by atoms with E-state index in [4.69, 9.17) is 5.11 Å². The molecule has 0 amide bonds. The Morgan fingerprint density at radius 1 is 0.850 bits per heavy atom. The zero-order valence-corrected chi connectivity index (χ0v) is 10.4. The molecule has 0 spiro atoms. The summed E-state index contributed by atoms with van der Waals surface area (Å²) < 4.78 is 0. The Morgan fingerprint density at radius 2 is 1.35 bits per heavy atom. The summed E-state index contributed by atoms with van der Waals surface area (Å²) in [7, 11) is 0. The van der Waals surface area contributed by atoms with Crippen molar-refractivity contribution >= 4 is 23.9 Å². The molecule has 0 heterocycles. The summed E-state index contributed by atoms with van der Waals surface area (Å²) in [6.07, 6.45) is -0.354. The Bertz CT molecular complexity index is 482. The first-order valence-corrected chi connectivity index (χ1v) is 6.16. The minimum Gasteiger partial charge on any atom is -0.481 e. The molecule has 0 saturated heterocycles. The van der Waals surface area contributed by atoms with Gasteiger partial charge < -0.3 is 20.4 Å². The molecule has 110 valence electrons. The fourth-order valence-electron chi connectivity index (χ4n) is 3.92. The molecular weight excluding hydrogens is 272 g/mol. The fraction of sp³-hybridized carbons (Fsp3) is 0.667. The zero-order valence-electron chi connectivity index (χ0n) is 10.4. The van der Waals surface area contributed by atoms with Crippen molar-refractivity contribution in [3.8, 4) is 0 Å². The van der Waals surface area contributed by atoms with Gasteiger partial charge in [-0.2, -0.15) is 0 Å². The van der Waals surface area contributed by atoms with Gasteiger partial charge in [-0.1, -0.05) is 0 Å². The van der Waals surface area contributed by atoms with E-state index in [2.05, 4.69) is 0 Å². The lowest BCUT2D eigenvalue weighted by Crippen LogP contribution is -2.46. The number of aliphatic carboxylic acids is 4. The summed E-state index contributed by atoms with van der Waals surface area (Å²) in [4.78, 5) is 45.3. The van der Waals surface area contributed by atoms with E-state index in [9.17, 15) is 34.5 Å². The summed E-state index contributed by atoms with van der Waals surface area (Å²) >= 11 is 0. The highest BCUT2D eigenvalue weighted by atomic mass is 16.4. The van der Waals surface area contributed by atoms with Gasteiger partial charge in [0.05, 0.1) is 11.8 Å². The third kappa shape index (κ3) is 1.67. The Hall–Kier alpha value is -2.12. The quantitative estimate of drug-likeness (QED) is 0.526. The van der Waals surface area contributed by atoms with Crippen LogP contribution in [0, 0.1) is 29.1 Å². The normalized spacial score (nSPS) is 34.4. The Kier molecular flexibility index (Phi) is 3.19. The number of rotatable bonds is 4. The second-order valence-corrected chi connectivity index (χ2v) is 5.44. The van der Waals surface area contributed by atoms with Crippen LogP contribution in [0.15, 0.2) is 0 Å². The van der Waals surface area contributed by atoms with Gasteiger partial charge in [-0.05, 0) is 25.2 Å². The maximum atomic E-state index is 11.4. The molecule has 0 bridgehead atoms. The third-order valence-corrected chi connectivity index (χ3v) is 4.76. The van der Waals surface area contributed by atoms with Crippen molar-refractivity contribution in [3.05, 3.63) is 0 Å². The molecule has 20 heavy (non-hydrogen) atoms. The van der Waals surface area contributed by atoms with Crippen LogP contribution >= 0.6 is 0 Å². The molecule has 4 unspecified atom stereocenters. The zero-order chi connectivity index (χ0) is 15.2. The van der Waals surface area contributed by atoms with Gasteiger partial charge in [0.1, 0.15) is 0 Å². The van der Waals surface area contributed by atoms with E-state index < -0.39 is 53.0 Å².